The fourth-order valence-corrected chi connectivity index (χ4v) is 3.60. The molecule has 1 aromatic carbocycles. The van der Waals surface area contributed by atoms with Crippen LogP contribution in [0.1, 0.15) is 25.5 Å². The van der Waals surface area contributed by atoms with Crippen molar-refractivity contribution in [2.24, 2.45) is 0 Å². The molecule has 0 aliphatic carbocycles. The van der Waals surface area contributed by atoms with Crippen LogP contribution < -0.4 is 0 Å². The Morgan fingerprint density at radius 3 is 2.43 bits per heavy atom. The van der Waals surface area contributed by atoms with Crippen molar-refractivity contribution in [1.82, 2.24) is 14.3 Å². The smallest absolute Gasteiger partial charge is 0.260 e. The minimum absolute atomic E-state index is 0.0965. The van der Waals surface area contributed by atoms with Gasteiger partial charge in [-0.1, -0.05) is 19.1 Å². The molecule has 0 unspecified atom stereocenters. The maximum Gasteiger partial charge on any atom is 0.262 e. The Bertz CT molecular complexity index is 690. The predicted octanol–water partition coefficient (Wildman–Crippen LogP) is 2.39. The molecule has 0 saturated carbocycles. The van der Waals surface area contributed by atoms with Gasteiger partial charge in [0, 0.05) is 25.0 Å². The van der Waals surface area contributed by atoms with Crippen molar-refractivity contribution in [3.63, 3.8) is 0 Å². The van der Waals surface area contributed by atoms with Crippen LogP contribution in [0.25, 0.3) is 0 Å². The number of nitrogens with zero attached hydrogens (tertiary/aromatic N) is 3. The monoisotopic (exact) mass is 309 g/mol. The van der Waals surface area contributed by atoms with E-state index in [2.05, 4.69) is 9.97 Å². The van der Waals surface area contributed by atoms with Crippen molar-refractivity contribution in [2.45, 2.75) is 24.9 Å². The molecule has 5 nitrogen and oxygen atoms in total. The number of sulfonamides is 1. The van der Waals surface area contributed by atoms with Gasteiger partial charge in [-0.2, -0.15) is 4.31 Å². The van der Waals surface area contributed by atoms with Gasteiger partial charge in [-0.15, -0.1) is 0 Å². The van der Waals surface area contributed by atoms with E-state index in [9.17, 15) is 12.8 Å². The van der Waals surface area contributed by atoms with Crippen LogP contribution in [0.3, 0.4) is 0 Å². The maximum atomic E-state index is 13.0. The molecule has 0 bridgehead atoms. The minimum atomic E-state index is -3.74. The number of benzene rings is 1. The van der Waals surface area contributed by atoms with Crippen LogP contribution in [0.5, 0.6) is 0 Å². The molecule has 0 fully saturated rings. The molecule has 0 radical (unpaired) electrons. The molecule has 1 heterocycles. The summed E-state index contributed by atoms with van der Waals surface area (Å²) in [5.74, 6) is -0.356. The highest BCUT2D eigenvalue weighted by Gasteiger charge is 2.29. The van der Waals surface area contributed by atoms with Gasteiger partial charge in [0.05, 0.1) is 6.20 Å². The second-order valence-corrected chi connectivity index (χ2v) is 6.32. The summed E-state index contributed by atoms with van der Waals surface area (Å²) in [5, 5.41) is -0.0965. The molecular weight excluding hydrogens is 293 g/mol. The first-order valence-electron chi connectivity index (χ1n) is 6.50. The summed E-state index contributed by atoms with van der Waals surface area (Å²) in [6.07, 6.45) is 3.97. The Hall–Kier alpha value is -1.86. The molecule has 0 aliphatic heterocycles. The lowest BCUT2D eigenvalue weighted by atomic mass is 10.1. The number of halogens is 1. The lowest BCUT2D eigenvalue weighted by molar-refractivity contribution is 0.355. The van der Waals surface area contributed by atoms with Crippen molar-refractivity contribution in [3.05, 3.63) is 54.2 Å². The average molecular weight is 309 g/mol. The topological polar surface area (TPSA) is 63.2 Å². The van der Waals surface area contributed by atoms with Gasteiger partial charge in [0.1, 0.15) is 5.82 Å². The first-order valence-corrected chi connectivity index (χ1v) is 7.94. The van der Waals surface area contributed by atoms with Gasteiger partial charge in [-0.05, 0) is 24.6 Å². The Morgan fingerprint density at radius 2 is 1.90 bits per heavy atom. The molecule has 1 aromatic heterocycles. The van der Waals surface area contributed by atoms with Gasteiger partial charge in [-0.3, -0.25) is 4.98 Å². The van der Waals surface area contributed by atoms with Gasteiger partial charge in [0.2, 0.25) is 0 Å². The number of hydrogen-bond donors (Lipinski definition) is 0. The Labute approximate surface area is 123 Å². The normalized spacial score (nSPS) is 13.3. The summed E-state index contributed by atoms with van der Waals surface area (Å²) in [7, 11) is -3.74. The Morgan fingerprint density at radius 1 is 1.24 bits per heavy atom. The molecule has 0 N–H and O–H groups in total. The summed E-state index contributed by atoms with van der Waals surface area (Å²) in [6, 6.07) is 5.36. The van der Waals surface area contributed by atoms with Crippen molar-refractivity contribution >= 4 is 10.0 Å². The van der Waals surface area contributed by atoms with Crippen molar-refractivity contribution in [2.75, 3.05) is 6.54 Å². The average Bonchev–Trinajstić information content (AvgIpc) is 2.49. The molecule has 21 heavy (non-hydrogen) atoms. The van der Waals surface area contributed by atoms with Crippen LogP contribution in [0.2, 0.25) is 0 Å². The molecule has 1 atom stereocenters. The van der Waals surface area contributed by atoms with Gasteiger partial charge in [0.25, 0.3) is 10.0 Å². The van der Waals surface area contributed by atoms with Crippen LogP contribution in [-0.2, 0) is 10.0 Å². The SMILES string of the molecule is CCN([C@@H](C)c1ccc(F)cc1)S(=O)(=O)c1cnccn1. The molecule has 2 rings (SSSR count). The molecular formula is C14H16FN3O2S. The van der Waals surface area contributed by atoms with Gasteiger partial charge >= 0.3 is 0 Å². The Kier molecular flexibility index (Phi) is 4.64. The zero-order chi connectivity index (χ0) is 15.5. The van der Waals surface area contributed by atoms with E-state index in [0.717, 1.165) is 0 Å². The lowest BCUT2D eigenvalue weighted by Gasteiger charge is -2.26. The van der Waals surface area contributed by atoms with Crippen LogP contribution in [0.15, 0.2) is 47.9 Å². The Balaban J connectivity index is 2.37. The summed E-state index contributed by atoms with van der Waals surface area (Å²) < 4.78 is 39.5. The van der Waals surface area contributed by atoms with E-state index in [4.69, 9.17) is 0 Å². The minimum Gasteiger partial charge on any atom is -0.260 e. The van der Waals surface area contributed by atoms with E-state index in [1.54, 1.807) is 26.0 Å². The third-order valence-electron chi connectivity index (χ3n) is 3.21. The highest BCUT2D eigenvalue weighted by Crippen LogP contribution is 2.26. The molecule has 2 aromatic rings. The second kappa shape index (κ2) is 6.28. The van der Waals surface area contributed by atoms with Gasteiger partial charge < -0.3 is 0 Å². The fourth-order valence-electron chi connectivity index (χ4n) is 2.10. The quantitative estimate of drug-likeness (QED) is 0.850. The van der Waals surface area contributed by atoms with E-state index in [0.29, 0.717) is 5.56 Å². The van der Waals surface area contributed by atoms with Crippen molar-refractivity contribution < 1.29 is 12.8 Å². The first-order chi connectivity index (χ1) is 9.96. The van der Waals surface area contributed by atoms with Gasteiger partial charge in [0.15, 0.2) is 5.03 Å². The summed E-state index contributed by atoms with van der Waals surface area (Å²) in [4.78, 5) is 7.65. The summed E-state index contributed by atoms with van der Waals surface area (Å²) >= 11 is 0. The predicted molar refractivity (Wildman–Crippen MR) is 76.4 cm³/mol. The third kappa shape index (κ3) is 3.25. The summed E-state index contributed by atoms with van der Waals surface area (Å²) in [6.45, 7) is 3.77. The summed E-state index contributed by atoms with van der Waals surface area (Å²) in [5.41, 5.74) is 0.714. The van der Waals surface area contributed by atoms with E-state index >= 15 is 0 Å². The zero-order valence-corrected chi connectivity index (χ0v) is 12.6. The second-order valence-electron chi connectivity index (χ2n) is 4.48. The van der Waals surface area contributed by atoms with E-state index in [1.807, 2.05) is 0 Å². The van der Waals surface area contributed by atoms with Crippen LogP contribution in [0, 0.1) is 5.82 Å². The highest BCUT2D eigenvalue weighted by molar-refractivity contribution is 7.89. The lowest BCUT2D eigenvalue weighted by Crippen LogP contribution is -2.34. The van der Waals surface area contributed by atoms with Crippen molar-refractivity contribution in [3.8, 4) is 0 Å². The van der Waals surface area contributed by atoms with E-state index in [1.165, 1.54) is 35.0 Å². The molecule has 0 amide bonds. The van der Waals surface area contributed by atoms with Crippen LogP contribution in [-0.4, -0.2) is 29.2 Å². The standard InChI is InChI=1S/C14H16FN3O2S/c1-3-18(11(2)12-4-6-13(15)7-5-12)21(19,20)14-10-16-8-9-17-14/h4-11H,3H2,1-2H3/t11-/m0/s1. The number of aromatic nitrogens is 2. The molecule has 0 aliphatic rings. The zero-order valence-electron chi connectivity index (χ0n) is 11.8. The third-order valence-corrected chi connectivity index (χ3v) is 5.14. The van der Waals surface area contributed by atoms with Crippen LogP contribution >= 0.6 is 0 Å². The molecule has 0 spiro atoms. The highest BCUT2D eigenvalue weighted by atomic mass is 32.2. The van der Waals surface area contributed by atoms with Crippen LogP contribution in [0.4, 0.5) is 4.39 Å². The number of hydrogen-bond acceptors (Lipinski definition) is 4. The molecule has 7 heteroatoms. The van der Waals surface area contributed by atoms with Crippen molar-refractivity contribution in [1.29, 1.82) is 0 Å². The van der Waals surface area contributed by atoms with Gasteiger partial charge in [-0.25, -0.2) is 17.8 Å². The largest absolute Gasteiger partial charge is 0.262 e. The number of rotatable bonds is 5. The molecule has 112 valence electrons. The first kappa shape index (κ1) is 15.5. The van der Waals surface area contributed by atoms with E-state index in [-0.39, 0.29) is 17.4 Å². The molecule has 0 saturated heterocycles. The van der Waals surface area contributed by atoms with E-state index < -0.39 is 16.1 Å². The maximum absolute atomic E-state index is 13.0. The fraction of sp³-hybridized carbons (Fsp3) is 0.286.